The maximum atomic E-state index is 12.1. The van der Waals surface area contributed by atoms with E-state index in [-0.39, 0.29) is 5.91 Å². The van der Waals surface area contributed by atoms with Crippen molar-refractivity contribution in [3.8, 4) is 5.75 Å². The van der Waals surface area contributed by atoms with Crippen LogP contribution in [0.2, 0.25) is 10.0 Å². The second-order valence-electron chi connectivity index (χ2n) is 5.30. The van der Waals surface area contributed by atoms with Crippen LogP contribution < -0.4 is 15.0 Å². The SMILES string of the molecule is COc1ccccc1C[NH+](C)CC(=O)Nc1ccc(Cl)c(Cl)c1. The van der Waals surface area contributed by atoms with E-state index in [1.165, 1.54) is 0 Å². The van der Waals surface area contributed by atoms with Crippen LogP contribution >= 0.6 is 23.2 Å². The molecule has 2 N–H and O–H groups in total. The number of carbonyl (C=O) groups excluding carboxylic acids is 1. The van der Waals surface area contributed by atoms with Crippen molar-refractivity contribution in [1.82, 2.24) is 0 Å². The lowest BCUT2D eigenvalue weighted by molar-refractivity contribution is -0.885. The van der Waals surface area contributed by atoms with Gasteiger partial charge < -0.3 is 15.0 Å². The first kappa shape index (κ1) is 17.6. The molecular formula is C17H19Cl2N2O2+. The van der Waals surface area contributed by atoms with E-state index in [1.54, 1.807) is 25.3 Å². The third kappa shape index (κ3) is 5.13. The average Bonchev–Trinajstić information content (AvgIpc) is 2.51. The third-order valence-electron chi connectivity index (χ3n) is 3.35. The zero-order chi connectivity index (χ0) is 16.8. The molecule has 2 aromatic rings. The smallest absolute Gasteiger partial charge is 0.279 e. The molecule has 0 spiro atoms. The van der Waals surface area contributed by atoms with Crippen molar-refractivity contribution < 1.29 is 14.4 Å². The standard InChI is InChI=1S/C17H18Cl2N2O2/c1-21(10-12-5-3-4-6-16(12)23-2)11-17(22)20-13-7-8-14(18)15(19)9-13/h3-9H,10-11H2,1-2H3,(H,20,22)/p+1. The Morgan fingerprint density at radius 1 is 1.17 bits per heavy atom. The molecule has 0 aromatic heterocycles. The van der Waals surface area contributed by atoms with Gasteiger partial charge in [0, 0.05) is 11.3 Å². The number of quaternary nitrogens is 1. The molecule has 0 fully saturated rings. The van der Waals surface area contributed by atoms with Gasteiger partial charge in [0.05, 0.1) is 24.2 Å². The van der Waals surface area contributed by atoms with Gasteiger partial charge in [-0.05, 0) is 30.3 Å². The molecule has 1 unspecified atom stereocenters. The van der Waals surface area contributed by atoms with E-state index in [4.69, 9.17) is 27.9 Å². The summed E-state index contributed by atoms with van der Waals surface area (Å²) < 4.78 is 5.33. The number of ether oxygens (including phenoxy) is 1. The molecular weight excluding hydrogens is 335 g/mol. The summed E-state index contributed by atoms with van der Waals surface area (Å²) in [6.45, 7) is 1.02. The van der Waals surface area contributed by atoms with E-state index in [1.807, 2.05) is 31.3 Å². The van der Waals surface area contributed by atoms with E-state index < -0.39 is 0 Å². The number of anilines is 1. The zero-order valence-corrected chi connectivity index (χ0v) is 14.5. The molecule has 0 saturated carbocycles. The highest BCUT2D eigenvalue weighted by molar-refractivity contribution is 6.42. The van der Waals surface area contributed by atoms with Gasteiger partial charge in [0.25, 0.3) is 5.91 Å². The van der Waals surface area contributed by atoms with Gasteiger partial charge in [0.15, 0.2) is 6.54 Å². The quantitative estimate of drug-likeness (QED) is 0.838. The highest BCUT2D eigenvalue weighted by atomic mass is 35.5. The van der Waals surface area contributed by atoms with Gasteiger partial charge in [-0.15, -0.1) is 0 Å². The van der Waals surface area contributed by atoms with Crippen LogP contribution in [0.5, 0.6) is 5.75 Å². The molecule has 0 saturated heterocycles. The van der Waals surface area contributed by atoms with Crippen molar-refractivity contribution in [2.45, 2.75) is 6.54 Å². The Morgan fingerprint density at radius 2 is 1.91 bits per heavy atom. The molecule has 1 atom stereocenters. The maximum absolute atomic E-state index is 12.1. The summed E-state index contributed by atoms with van der Waals surface area (Å²) in [5.41, 5.74) is 1.70. The van der Waals surface area contributed by atoms with Crippen LogP contribution in [0.3, 0.4) is 0 Å². The third-order valence-corrected chi connectivity index (χ3v) is 4.09. The number of nitrogens with one attached hydrogen (secondary N) is 2. The number of likely N-dealkylation sites (N-methyl/N-ethyl adjacent to an activating group) is 1. The number of benzene rings is 2. The number of carbonyl (C=O) groups is 1. The monoisotopic (exact) mass is 353 g/mol. The summed E-state index contributed by atoms with van der Waals surface area (Å²) in [7, 11) is 3.60. The largest absolute Gasteiger partial charge is 0.496 e. The lowest BCUT2D eigenvalue weighted by Crippen LogP contribution is -3.08. The lowest BCUT2D eigenvalue weighted by atomic mass is 10.2. The Bertz CT molecular complexity index is 692. The van der Waals surface area contributed by atoms with Crippen LogP contribution in [0.15, 0.2) is 42.5 Å². The molecule has 0 radical (unpaired) electrons. The number of methoxy groups -OCH3 is 1. The number of para-hydroxylation sites is 1. The van der Waals surface area contributed by atoms with E-state index in [2.05, 4.69) is 5.32 Å². The highest BCUT2D eigenvalue weighted by Gasteiger charge is 2.13. The summed E-state index contributed by atoms with van der Waals surface area (Å²) in [6, 6.07) is 12.8. The Kier molecular flexibility index (Phi) is 6.28. The van der Waals surface area contributed by atoms with Crippen LogP contribution in [-0.4, -0.2) is 26.6 Å². The second-order valence-corrected chi connectivity index (χ2v) is 6.11. The maximum Gasteiger partial charge on any atom is 0.279 e. The van der Waals surface area contributed by atoms with E-state index >= 15 is 0 Å². The first-order chi connectivity index (χ1) is 11.0. The summed E-state index contributed by atoms with van der Waals surface area (Å²) in [5, 5.41) is 3.70. The minimum absolute atomic E-state index is 0.0872. The molecule has 0 aliphatic rings. The van der Waals surface area contributed by atoms with Crippen LogP contribution in [0.25, 0.3) is 0 Å². The molecule has 4 nitrogen and oxygen atoms in total. The van der Waals surface area contributed by atoms with Crippen LogP contribution in [0.4, 0.5) is 5.69 Å². The average molecular weight is 354 g/mol. The summed E-state index contributed by atoms with van der Waals surface area (Å²) in [5.74, 6) is 0.743. The molecule has 23 heavy (non-hydrogen) atoms. The van der Waals surface area contributed by atoms with Gasteiger partial charge in [-0.2, -0.15) is 0 Å². The van der Waals surface area contributed by atoms with Crippen molar-refractivity contribution >= 4 is 34.8 Å². The minimum atomic E-state index is -0.0872. The summed E-state index contributed by atoms with van der Waals surface area (Å²) in [4.78, 5) is 13.2. The fourth-order valence-electron chi connectivity index (χ4n) is 2.29. The number of rotatable bonds is 6. The first-order valence-electron chi connectivity index (χ1n) is 7.17. The lowest BCUT2D eigenvalue weighted by Gasteiger charge is -2.15. The second kappa shape index (κ2) is 8.20. The summed E-state index contributed by atoms with van der Waals surface area (Å²) >= 11 is 11.8. The molecule has 2 rings (SSSR count). The number of halogens is 2. The van der Waals surface area contributed by atoms with Gasteiger partial charge in [-0.3, -0.25) is 4.79 Å². The van der Waals surface area contributed by atoms with Crippen LogP contribution in [0.1, 0.15) is 5.56 Å². The molecule has 0 aliphatic carbocycles. The molecule has 0 aliphatic heterocycles. The normalized spacial score (nSPS) is 11.8. The minimum Gasteiger partial charge on any atom is -0.496 e. The van der Waals surface area contributed by atoms with Crippen molar-refractivity contribution in [1.29, 1.82) is 0 Å². The number of amides is 1. The molecule has 0 bridgehead atoms. The fraction of sp³-hybridized carbons (Fsp3) is 0.235. The molecule has 2 aromatic carbocycles. The van der Waals surface area contributed by atoms with E-state index in [0.29, 0.717) is 28.8 Å². The zero-order valence-electron chi connectivity index (χ0n) is 13.0. The van der Waals surface area contributed by atoms with Crippen LogP contribution in [0, 0.1) is 0 Å². The fourth-order valence-corrected chi connectivity index (χ4v) is 2.59. The van der Waals surface area contributed by atoms with Gasteiger partial charge >= 0.3 is 0 Å². The Balaban J connectivity index is 1.93. The molecule has 6 heteroatoms. The van der Waals surface area contributed by atoms with E-state index in [9.17, 15) is 4.79 Å². The predicted molar refractivity (Wildman–Crippen MR) is 93.5 cm³/mol. The molecule has 122 valence electrons. The number of hydrogen-bond acceptors (Lipinski definition) is 2. The molecule has 0 heterocycles. The topological polar surface area (TPSA) is 42.8 Å². The van der Waals surface area contributed by atoms with Gasteiger partial charge in [-0.25, -0.2) is 0 Å². The van der Waals surface area contributed by atoms with Gasteiger partial charge in [0.1, 0.15) is 12.3 Å². The van der Waals surface area contributed by atoms with Gasteiger partial charge in [-0.1, -0.05) is 35.3 Å². The molecule has 1 amide bonds. The van der Waals surface area contributed by atoms with E-state index in [0.717, 1.165) is 16.2 Å². The Labute approximate surface area is 146 Å². The van der Waals surface area contributed by atoms with Gasteiger partial charge in [0.2, 0.25) is 0 Å². The summed E-state index contributed by atoms with van der Waals surface area (Å²) in [6.07, 6.45) is 0. The number of hydrogen-bond donors (Lipinski definition) is 2. The van der Waals surface area contributed by atoms with Crippen molar-refractivity contribution in [2.24, 2.45) is 0 Å². The predicted octanol–water partition coefficient (Wildman–Crippen LogP) is 2.66. The highest BCUT2D eigenvalue weighted by Crippen LogP contribution is 2.24. The van der Waals surface area contributed by atoms with Crippen molar-refractivity contribution in [3.63, 3.8) is 0 Å². The first-order valence-corrected chi connectivity index (χ1v) is 7.93. The van der Waals surface area contributed by atoms with Crippen LogP contribution in [-0.2, 0) is 11.3 Å². The Hall–Kier alpha value is -1.75. The van der Waals surface area contributed by atoms with Crippen molar-refractivity contribution in [2.75, 3.05) is 26.0 Å². The Morgan fingerprint density at radius 3 is 2.61 bits per heavy atom. The van der Waals surface area contributed by atoms with Crippen molar-refractivity contribution in [3.05, 3.63) is 58.1 Å².